The lowest BCUT2D eigenvalue weighted by Crippen LogP contribution is -2.48. The molecule has 1 heterocycles. The molecule has 2 unspecified atom stereocenters. The zero-order valence-electron chi connectivity index (χ0n) is 12.6. The average molecular weight is 333 g/mol. The summed E-state index contributed by atoms with van der Waals surface area (Å²) in [5, 5.41) is 0.661. The molecule has 0 aromatic heterocycles. The summed E-state index contributed by atoms with van der Waals surface area (Å²) in [6.07, 6.45) is 0.779. The van der Waals surface area contributed by atoms with Gasteiger partial charge in [-0.15, -0.1) is 0 Å². The first-order valence-corrected chi connectivity index (χ1v) is 7.97. The minimum Gasteiger partial charge on any atom is -0.336 e. The Morgan fingerprint density at radius 3 is 2.70 bits per heavy atom. The molecule has 0 saturated carbocycles. The lowest BCUT2D eigenvalue weighted by molar-refractivity contribution is 0.0684. The van der Waals surface area contributed by atoms with E-state index >= 15 is 0 Å². The summed E-state index contributed by atoms with van der Waals surface area (Å²) < 4.78 is 13.9. The molecule has 1 amide bonds. The third-order valence-corrected chi connectivity index (χ3v) is 4.43. The maximum atomic E-state index is 13.9. The Morgan fingerprint density at radius 1 is 1.17 bits per heavy atom. The van der Waals surface area contributed by atoms with Gasteiger partial charge in [-0.2, -0.15) is 0 Å². The highest BCUT2D eigenvalue weighted by atomic mass is 35.5. The molecule has 2 atom stereocenters. The minimum atomic E-state index is -0.504. The van der Waals surface area contributed by atoms with Gasteiger partial charge in [-0.05, 0) is 36.2 Å². The number of carbonyl (C=O) groups is 1. The maximum absolute atomic E-state index is 13.9. The average Bonchev–Trinajstić information content (AvgIpc) is 2.54. The van der Waals surface area contributed by atoms with Gasteiger partial charge in [-0.25, -0.2) is 4.39 Å². The molecule has 1 aliphatic rings. The summed E-state index contributed by atoms with van der Waals surface area (Å²) in [5.74, 6) is -0.714. The van der Waals surface area contributed by atoms with Crippen molar-refractivity contribution in [1.82, 2.24) is 4.90 Å². The number of piperidine rings is 1. The molecule has 0 spiro atoms. The lowest BCUT2D eigenvalue weighted by atomic mass is 9.88. The molecule has 1 aliphatic heterocycles. The number of benzene rings is 2. The second-order valence-corrected chi connectivity index (χ2v) is 6.37. The van der Waals surface area contributed by atoms with E-state index in [1.807, 2.05) is 24.3 Å². The van der Waals surface area contributed by atoms with Gasteiger partial charge in [-0.3, -0.25) is 4.79 Å². The van der Waals surface area contributed by atoms with E-state index in [2.05, 4.69) is 0 Å². The van der Waals surface area contributed by atoms with Crippen LogP contribution >= 0.6 is 11.6 Å². The Morgan fingerprint density at radius 2 is 1.96 bits per heavy atom. The number of amides is 1. The predicted octanol–water partition coefficient (Wildman–Crippen LogP) is 3.44. The molecule has 0 aliphatic carbocycles. The predicted molar refractivity (Wildman–Crippen MR) is 89.1 cm³/mol. The van der Waals surface area contributed by atoms with E-state index in [-0.39, 0.29) is 23.4 Å². The highest BCUT2D eigenvalue weighted by Gasteiger charge is 2.30. The van der Waals surface area contributed by atoms with Crippen LogP contribution in [0.5, 0.6) is 0 Å². The number of nitrogens with two attached hydrogens (primary N) is 1. The standard InChI is InChI=1S/C18H18ClFN2O/c19-14-5-3-4-12(8-14)13-9-15(21)11-22(10-13)18(23)16-6-1-2-7-17(16)20/h1-8,13,15H,9-11,21H2. The van der Waals surface area contributed by atoms with Crippen molar-refractivity contribution in [3.63, 3.8) is 0 Å². The van der Waals surface area contributed by atoms with Crippen molar-refractivity contribution >= 4 is 17.5 Å². The van der Waals surface area contributed by atoms with Gasteiger partial charge in [0.05, 0.1) is 5.56 Å². The highest BCUT2D eigenvalue weighted by molar-refractivity contribution is 6.30. The largest absolute Gasteiger partial charge is 0.336 e. The molecular weight excluding hydrogens is 315 g/mol. The Kier molecular flexibility index (Phi) is 4.64. The van der Waals surface area contributed by atoms with E-state index in [1.54, 1.807) is 17.0 Å². The first-order chi connectivity index (χ1) is 11.0. The van der Waals surface area contributed by atoms with Crippen molar-refractivity contribution in [1.29, 1.82) is 0 Å². The number of carbonyl (C=O) groups excluding carboxylic acids is 1. The molecule has 5 heteroatoms. The van der Waals surface area contributed by atoms with Crippen molar-refractivity contribution in [3.8, 4) is 0 Å². The minimum absolute atomic E-state index is 0.0893. The van der Waals surface area contributed by atoms with Gasteiger partial charge in [0.1, 0.15) is 5.82 Å². The van der Waals surface area contributed by atoms with E-state index in [4.69, 9.17) is 17.3 Å². The zero-order valence-corrected chi connectivity index (χ0v) is 13.3. The van der Waals surface area contributed by atoms with Crippen LogP contribution in [0.2, 0.25) is 5.02 Å². The Hall–Kier alpha value is -1.91. The van der Waals surface area contributed by atoms with Gasteiger partial charge in [0.25, 0.3) is 5.91 Å². The molecule has 3 nitrogen and oxygen atoms in total. The van der Waals surface area contributed by atoms with Crippen LogP contribution in [-0.4, -0.2) is 29.9 Å². The summed E-state index contributed by atoms with van der Waals surface area (Å²) >= 11 is 6.05. The van der Waals surface area contributed by atoms with Crippen LogP contribution in [0.3, 0.4) is 0 Å². The Bertz CT molecular complexity index is 722. The molecule has 2 aromatic rings. The van der Waals surface area contributed by atoms with Crippen LogP contribution in [0, 0.1) is 5.82 Å². The van der Waals surface area contributed by atoms with E-state index < -0.39 is 5.82 Å². The van der Waals surface area contributed by atoms with Crippen LogP contribution in [0.1, 0.15) is 28.3 Å². The molecule has 0 radical (unpaired) electrons. The summed E-state index contributed by atoms with van der Waals surface area (Å²) in [4.78, 5) is 14.3. The van der Waals surface area contributed by atoms with Gasteiger partial charge >= 0.3 is 0 Å². The zero-order chi connectivity index (χ0) is 16.4. The van der Waals surface area contributed by atoms with E-state index in [0.717, 1.165) is 12.0 Å². The fourth-order valence-corrected chi connectivity index (χ4v) is 3.31. The Balaban J connectivity index is 1.83. The molecular formula is C18H18ClFN2O. The van der Waals surface area contributed by atoms with Crippen molar-refractivity contribution in [2.45, 2.75) is 18.4 Å². The molecule has 1 saturated heterocycles. The first-order valence-electron chi connectivity index (χ1n) is 7.59. The van der Waals surface area contributed by atoms with Crippen LogP contribution in [0.25, 0.3) is 0 Å². The monoisotopic (exact) mass is 332 g/mol. The van der Waals surface area contributed by atoms with Crippen molar-refractivity contribution in [2.75, 3.05) is 13.1 Å². The van der Waals surface area contributed by atoms with E-state index in [9.17, 15) is 9.18 Å². The van der Waals surface area contributed by atoms with Gasteiger partial charge < -0.3 is 10.6 Å². The van der Waals surface area contributed by atoms with Crippen LogP contribution in [-0.2, 0) is 0 Å². The normalized spacial score (nSPS) is 21.3. The summed E-state index contributed by atoms with van der Waals surface area (Å²) in [6.45, 7) is 0.950. The number of halogens is 2. The quantitative estimate of drug-likeness (QED) is 0.915. The highest BCUT2D eigenvalue weighted by Crippen LogP contribution is 2.29. The van der Waals surface area contributed by atoms with Crippen LogP contribution in [0.15, 0.2) is 48.5 Å². The maximum Gasteiger partial charge on any atom is 0.256 e. The molecule has 2 N–H and O–H groups in total. The van der Waals surface area contributed by atoms with Gasteiger partial charge in [0, 0.05) is 30.1 Å². The third-order valence-electron chi connectivity index (χ3n) is 4.19. The second kappa shape index (κ2) is 6.69. The van der Waals surface area contributed by atoms with Crippen molar-refractivity contribution < 1.29 is 9.18 Å². The molecule has 3 rings (SSSR count). The number of hydrogen-bond donors (Lipinski definition) is 1. The lowest BCUT2D eigenvalue weighted by Gasteiger charge is -2.36. The van der Waals surface area contributed by atoms with E-state index in [1.165, 1.54) is 12.1 Å². The van der Waals surface area contributed by atoms with E-state index in [0.29, 0.717) is 18.1 Å². The number of nitrogens with zero attached hydrogens (tertiary/aromatic N) is 1. The topological polar surface area (TPSA) is 46.3 Å². The summed E-state index contributed by atoms with van der Waals surface area (Å²) in [5.41, 5.74) is 7.27. The van der Waals surface area contributed by atoms with Crippen molar-refractivity contribution in [2.24, 2.45) is 5.73 Å². The van der Waals surface area contributed by atoms with Gasteiger partial charge in [0.15, 0.2) is 0 Å². The Labute approximate surface area is 139 Å². The van der Waals surface area contributed by atoms with Crippen LogP contribution < -0.4 is 5.73 Å². The summed E-state index contributed by atoms with van der Waals surface area (Å²) in [6, 6.07) is 13.5. The molecule has 120 valence electrons. The SMILES string of the molecule is NC1CC(c2cccc(Cl)c2)CN(C(=O)c2ccccc2F)C1. The van der Waals surface area contributed by atoms with Gasteiger partial charge in [0.2, 0.25) is 0 Å². The number of rotatable bonds is 2. The summed E-state index contributed by atoms with van der Waals surface area (Å²) in [7, 11) is 0. The first kappa shape index (κ1) is 16.0. The van der Waals surface area contributed by atoms with Crippen molar-refractivity contribution in [3.05, 3.63) is 70.5 Å². The smallest absolute Gasteiger partial charge is 0.256 e. The molecule has 1 fully saturated rings. The van der Waals surface area contributed by atoms with Gasteiger partial charge in [-0.1, -0.05) is 35.9 Å². The number of hydrogen-bond acceptors (Lipinski definition) is 2. The van der Waals surface area contributed by atoms with Crippen LogP contribution in [0.4, 0.5) is 4.39 Å². The fourth-order valence-electron chi connectivity index (χ4n) is 3.11. The number of likely N-dealkylation sites (tertiary alicyclic amines) is 1. The molecule has 2 aromatic carbocycles. The second-order valence-electron chi connectivity index (χ2n) is 5.94. The molecule has 23 heavy (non-hydrogen) atoms. The fraction of sp³-hybridized carbons (Fsp3) is 0.278. The third kappa shape index (κ3) is 3.54. The molecule has 0 bridgehead atoms.